The zero-order valence-corrected chi connectivity index (χ0v) is 11.8. The maximum atomic E-state index is 11.4. The van der Waals surface area contributed by atoms with Gasteiger partial charge in [-0.15, -0.1) is 0 Å². The Balaban J connectivity index is 2.77. The molecule has 0 fully saturated rings. The molecule has 19 heavy (non-hydrogen) atoms. The Kier molecular flexibility index (Phi) is 5.63. The van der Waals surface area contributed by atoms with Crippen LogP contribution in [0.2, 0.25) is 5.02 Å². The second kappa shape index (κ2) is 6.99. The van der Waals surface area contributed by atoms with Crippen LogP contribution in [0.15, 0.2) is 18.2 Å². The molecule has 1 atom stereocenters. The van der Waals surface area contributed by atoms with Crippen LogP contribution in [-0.4, -0.2) is 32.7 Å². The van der Waals surface area contributed by atoms with E-state index >= 15 is 0 Å². The highest BCUT2D eigenvalue weighted by Crippen LogP contribution is 2.23. The van der Waals surface area contributed by atoms with Crippen LogP contribution in [0.5, 0.6) is 0 Å². The van der Waals surface area contributed by atoms with E-state index in [1.807, 2.05) is 0 Å². The van der Waals surface area contributed by atoms with Gasteiger partial charge in [0.05, 0.1) is 36.4 Å². The number of rotatable bonds is 5. The first-order valence-corrected chi connectivity index (χ1v) is 6.07. The SMILES string of the molecule is COC(=O)c1ccc(Cl)c(NCC(C)C(=O)OC)c1. The van der Waals surface area contributed by atoms with E-state index in [9.17, 15) is 9.59 Å². The molecule has 0 aliphatic rings. The molecular weight excluding hydrogens is 270 g/mol. The molecule has 1 rings (SSSR count). The quantitative estimate of drug-likeness (QED) is 0.841. The summed E-state index contributed by atoms with van der Waals surface area (Å²) in [6.45, 7) is 2.09. The van der Waals surface area contributed by atoms with Gasteiger partial charge in [-0.05, 0) is 18.2 Å². The standard InChI is InChI=1S/C13H16ClNO4/c1-8(12(16)18-2)7-15-11-6-9(13(17)19-3)4-5-10(11)14/h4-6,8,15H,7H2,1-3H3. The van der Waals surface area contributed by atoms with Gasteiger partial charge in [0.25, 0.3) is 0 Å². The van der Waals surface area contributed by atoms with Gasteiger partial charge >= 0.3 is 11.9 Å². The average Bonchev–Trinajstić information content (AvgIpc) is 2.44. The number of hydrogen-bond donors (Lipinski definition) is 1. The number of carbonyl (C=O) groups excluding carboxylic acids is 2. The molecule has 1 aromatic carbocycles. The van der Waals surface area contributed by atoms with E-state index in [0.717, 1.165) is 0 Å². The molecule has 0 aromatic heterocycles. The van der Waals surface area contributed by atoms with Gasteiger partial charge < -0.3 is 14.8 Å². The van der Waals surface area contributed by atoms with Crippen molar-refractivity contribution in [2.45, 2.75) is 6.92 Å². The van der Waals surface area contributed by atoms with E-state index < -0.39 is 5.97 Å². The summed E-state index contributed by atoms with van der Waals surface area (Å²) < 4.78 is 9.25. The van der Waals surface area contributed by atoms with Crippen LogP contribution in [-0.2, 0) is 14.3 Å². The van der Waals surface area contributed by atoms with Gasteiger partial charge in [-0.3, -0.25) is 4.79 Å². The molecule has 1 aromatic rings. The molecule has 0 saturated carbocycles. The third-order valence-corrected chi connectivity index (χ3v) is 2.92. The largest absolute Gasteiger partial charge is 0.469 e. The lowest BCUT2D eigenvalue weighted by Gasteiger charge is -2.13. The number of methoxy groups -OCH3 is 2. The average molecular weight is 286 g/mol. The number of ether oxygens (including phenoxy) is 2. The second-order valence-corrected chi connectivity index (χ2v) is 4.40. The number of nitrogens with one attached hydrogen (secondary N) is 1. The van der Waals surface area contributed by atoms with E-state index in [4.69, 9.17) is 11.6 Å². The summed E-state index contributed by atoms with van der Waals surface area (Å²) in [7, 11) is 2.65. The van der Waals surface area contributed by atoms with Gasteiger partial charge in [0.1, 0.15) is 0 Å². The molecule has 104 valence electrons. The molecule has 0 saturated heterocycles. The van der Waals surface area contributed by atoms with Gasteiger partial charge in [-0.25, -0.2) is 4.79 Å². The lowest BCUT2D eigenvalue weighted by molar-refractivity contribution is -0.144. The fourth-order valence-electron chi connectivity index (χ4n) is 1.45. The van der Waals surface area contributed by atoms with Crippen molar-refractivity contribution in [3.63, 3.8) is 0 Å². The first kappa shape index (κ1) is 15.3. The van der Waals surface area contributed by atoms with Crippen molar-refractivity contribution in [3.8, 4) is 0 Å². The number of anilines is 1. The number of benzene rings is 1. The van der Waals surface area contributed by atoms with Crippen LogP contribution in [0.4, 0.5) is 5.69 Å². The Labute approximate surface area is 116 Å². The molecule has 1 unspecified atom stereocenters. The van der Waals surface area contributed by atoms with Crippen LogP contribution in [0.3, 0.4) is 0 Å². The van der Waals surface area contributed by atoms with Gasteiger partial charge in [0, 0.05) is 6.54 Å². The molecule has 0 amide bonds. The topological polar surface area (TPSA) is 64.6 Å². The van der Waals surface area contributed by atoms with Gasteiger partial charge in [0.15, 0.2) is 0 Å². The molecule has 5 nitrogen and oxygen atoms in total. The lowest BCUT2D eigenvalue weighted by atomic mass is 10.1. The van der Waals surface area contributed by atoms with Crippen molar-refractivity contribution in [2.24, 2.45) is 5.92 Å². The molecule has 6 heteroatoms. The molecule has 1 N–H and O–H groups in total. The van der Waals surface area contributed by atoms with E-state index in [-0.39, 0.29) is 11.9 Å². The van der Waals surface area contributed by atoms with Crippen LogP contribution in [0.25, 0.3) is 0 Å². The van der Waals surface area contributed by atoms with E-state index in [1.165, 1.54) is 14.2 Å². The summed E-state index contributed by atoms with van der Waals surface area (Å²) in [6, 6.07) is 4.75. The molecule has 0 aliphatic carbocycles. The second-order valence-electron chi connectivity index (χ2n) is 3.99. The lowest BCUT2D eigenvalue weighted by Crippen LogP contribution is -2.21. The Hall–Kier alpha value is -1.75. The highest BCUT2D eigenvalue weighted by atomic mass is 35.5. The molecular formula is C13H16ClNO4. The van der Waals surface area contributed by atoms with Crippen molar-refractivity contribution in [1.29, 1.82) is 0 Å². The number of halogens is 1. The Bertz CT molecular complexity index is 476. The third kappa shape index (κ3) is 4.13. The van der Waals surface area contributed by atoms with Crippen LogP contribution in [0.1, 0.15) is 17.3 Å². The third-order valence-electron chi connectivity index (χ3n) is 2.59. The summed E-state index contributed by atoms with van der Waals surface area (Å²) in [5.41, 5.74) is 0.959. The van der Waals surface area contributed by atoms with Crippen molar-refractivity contribution in [1.82, 2.24) is 0 Å². The summed E-state index contributed by atoms with van der Waals surface area (Å²) in [5.74, 6) is -1.07. The zero-order valence-electron chi connectivity index (χ0n) is 11.0. The fraction of sp³-hybridized carbons (Fsp3) is 0.385. The first-order valence-electron chi connectivity index (χ1n) is 5.69. The van der Waals surface area contributed by atoms with Crippen molar-refractivity contribution >= 4 is 29.2 Å². The van der Waals surface area contributed by atoms with Crippen molar-refractivity contribution in [3.05, 3.63) is 28.8 Å². The number of carbonyl (C=O) groups is 2. The van der Waals surface area contributed by atoms with E-state index in [2.05, 4.69) is 14.8 Å². The minimum Gasteiger partial charge on any atom is -0.469 e. The fourth-order valence-corrected chi connectivity index (χ4v) is 1.64. The highest BCUT2D eigenvalue weighted by molar-refractivity contribution is 6.33. The number of esters is 2. The molecule has 0 bridgehead atoms. The maximum Gasteiger partial charge on any atom is 0.337 e. The summed E-state index contributed by atoms with van der Waals surface area (Å²) in [6.07, 6.45) is 0. The van der Waals surface area contributed by atoms with E-state index in [1.54, 1.807) is 25.1 Å². The Morgan fingerprint density at radius 3 is 2.58 bits per heavy atom. The highest BCUT2D eigenvalue weighted by Gasteiger charge is 2.14. The van der Waals surface area contributed by atoms with Gasteiger partial charge in [-0.2, -0.15) is 0 Å². The molecule has 0 heterocycles. The smallest absolute Gasteiger partial charge is 0.337 e. The minimum atomic E-state index is -0.444. The predicted molar refractivity (Wildman–Crippen MR) is 72.5 cm³/mol. The van der Waals surface area contributed by atoms with Crippen LogP contribution in [0, 0.1) is 5.92 Å². The predicted octanol–water partition coefficient (Wildman–Crippen LogP) is 2.35. The summed E-state index contributed by atoms with van der Waals surface area (Å²) in [5, 5.41) is 3.47. The first-order chi connectivity index (χ1) is 8.99. The normalized spacial score (nSPS) is 11.6. The van der Waals surface area contributed by atoms with Gasteiger partial charge in [0.2, 0.25) is 0 Å². The van der Waals surface area contributed by atoms with Crippen LogP contribution >= 0.6 is 11.6 Å². The van der Waals surface area contributed by atoms with Crippen LogP contribution < -0.4 is 5.32 Å². The monoisotopic (exact) mass is 285 g/mol. The summed E-state index contributed by atoms with van der Waals surface area (Å²) >= 11 is 6.01. The molecule has 0 aliphatic heterocycles. The molecule has 0 spiro atoms. The molecule has 0 radical (unpaired) electrons. The summed E-state index contributed by atoms with van der Waals surface area (Å²) in [4.78, 5) is 22.7. The minimum absolute atomic E-state index is 0.312. The number of hydrogen-bond acceptors (Lipinski definition) is 5. The van der Waals surface area contributed by atoms with Crippen molar-refractivity contribution < 1.29 is 19.1 Å². The maximum absolute atomic E-state index is 11.4. The Morgan fingerprint density at radius 2 is 2.00 bits per heavy atom. The van der Waals surface area contributed by atoms with E-state index in [0.29, 0.717) is 22.8 Å². The zero-order chi connectivity index (χ0) is 14.4. The van der Waals surface area contributed by atoms with Gasteiger partial charge in [-0.1, -0.05) is 18.5 Å². The Morgan fingerprint density at radius 1 is 1.32 bits per heavy atom. The van der Waals surface area contributed by atoms with Crippen molar-refractivity contribution in [2.75, 3.05) is 26.1 Å².